The van der Waals surface area contributed by atoms with E-state index in [1.165, 1.54) is 5.56 Å². The SMILES string of the molecule is CCOc1ccc(CNn2cccc2)cc1. The Bertz CT molecular complexity index is 406. The van der Waals surface area contributed by atoms with Gasteiger partial charge in [0, 0.05) is 12.4 Å². The first-order valence-electron chi connectivity index (χ1n) is 5.47. The first-order chi connectivity index (χ1) is 7.88. The molecule has 0 amide bonds. The molecule has 0 aliphatic carbocycles. The van der Waals surface area contributed by atoms with Crippen LogP contribution in [0.2, 0.25) is 0 Å². The van der Waals surface area contributed by atoms with Crippen molar-refractivity contribution >= 4 is 0 Å². The monoisotopic (exact) mass is 216 g/mol. The fourth-order valence-corrected chi connectivity index (χ4v) is 1.49. The highest BCUT2D eigenvalue weighted by Gasteiger charge is 1.94. The van der Waals surface area contributed by atoms with Gasteiger partial charge in [0.1, 0.15) is 5.75 Å². The van der Waals surface area contributed by atoms with Crippen molar-refractivity contribution in [1.29, 1.82) is 0 Å². The maximum atomic E-state index is 5.39. The number of hydrogen-bond donors (Lipinski definition) is 1. The van der Waals surface area contributed by atoms with Crippen molar-refractivity contribution in [3.63, 3.8) is 0 Å². The minimum atomic E-state index is 0.709. The average molecular weight is 216 g/mol. The Morgan fingerprint density at radius 2 is 1.81 bits per heavy atom. The summed E-state index contributed by atoms with van der Waals surface area (Å²) in [5.74, 6) is 0.923. The van der Waals surface area contributed by atoms with Crippen LogP contribution in [0, 0.1) is 0 Å². The number of ether oxygens (including phenoxy) is 1. The van der Waals surface area contributed by atoms with Crippen molar-refractivity contribution in [2.75, 3.05) is 12.0 Å². The molecule has 0 spiro atoms. The molecule has 0 atom stereocenters. The van der Waals surface area contributed by atoms with Crippen LogP contribution in [0.4, 0.5) is 0 Å². The van der Waals surface area contributed by atoms with Crippen molar-refractivity contribution in [3.8, 4) is 5.75 Å². The third-order valence-electron chi connectivity index (χ3n) is 2.30. The molecule has 3 heteroatoms. The highest BCUT2D eigenvalue weighted by atomic mass is 16.5. The van der Waals surface area contributed by atoms with Gasteiger partial charge in [-0.15, -0.1) is 0 Å². The summed E-state index contributed by atoms with van der Waals surface area (Å²) in [6, 6.07) is 12.1. The summed E-state index contributed by atoms with van der Waals surface area (Å²) < 4.78 is 7.33. The maximum Gasteiger partial charge on any atom is 0.119 e. The second-order valence-corrected chi connectivity index (χ2v) is 3.50. The van der Waals surface area contributed by atoms with Crippen LogP contribution in [0.1, 0.15) is 12.5 Å². The normalized spacial score (nSPS) is 10.1. The molecule has 2 rings (SSSR count). The van der Waals surface area contributed by atoms with E-state index in [1.54, 1.807) is 0 Å². The predicted octanol–water partition coefficient (Wildman–Crippen LogP) is 2.63. The zero-order valence-electron chi connectivity index (χ0n) is 9.39. The van der Waals surface area contributed by atoms with Crippen molar-refractivity contribution < 1.29 is 4.74 Å². The molecule has 1 heterocycles. The molecule has 1 aromatic heterocycles. The van der Waals surface area contributed by atoms with E-state index in [-0.39, 0.29) is 0 Å². The Morgan fingerprint density at radius 1 is 1.12 bits per heavy atom. The third-order valence-corrected chi connectivity index (χ3v) is 2.30. The lowest BCUT2D eigenvalue weighted by Crippen LogP contribution is -2.11. The molecule has 16 heavy (non-hydrogen) atoms. The first kappa shape index (κ1) is 10.6. The summed E-state index contributed by atoms with van der Waals surface area (Å²) >= 11 is 0. The molecule has 0 radical (unpaired) electrons. The molecule has 3 nitrogen and oxygen atoms in total. The lowest BCUT2D eigenvalue weighted by molar-refractivity contribution is 0.340. The van der Waals surface area contributed by atoms with Gasteiger partial charge in [-0.2, -0.15) is 0 Å². The largest absolute Gasteiger partial charge is 0.494 e. The number of rotatable bonds is 5. The second kappa shape index (κ2) is 5.26. The molecule has 1 aromatic carbocycles. The molecule has 0 saturated heterocycles. The average Bonchev–Trinajstić information content (AvgIpc) is 2.82. The standard InChI is InChI=1S/C13H16N2O/c1-2-16-13-7-5-12(6-8-13)11-14-15-9-3-4-10-15/h3-10,14H,2,11H2,1H3. The highest BCUT2D eigenvalue weighted by molar-refractivity contribution is 5.27. The minimum absolute atomic E-state index is 0.709. The van der Waals surface area contributed by atoms with E-state index in [9.17, 15) is 0 Å². The Morgan fingerprint density at radius 3 is 2.44 bits per heavy atom. The van der Waals surface area contributed by atoms with Gasteiger partial charge < -0.3 is 10.2 Å². The van der Waals surface area contributed by atoms with Gasteiger partial charge >= 0.3 is 0 Å². The van der Waals surface area contributed by atoms with Crippen LogP contribution in [-0.2, 0) is 6.54 Å². The van der Waals surface area contributed by atoms with Crippen molar-refractivity contribution in [1.82, 2.24) is 4.68 Å². The highest BCUT2D eigenvalue weighted by Crippen LogP contribution is 2.11. The van der Waals surface area contributed by atoms with Crippen LogP contribution < -0.4 is 10.2 Å². The Kier molecular flexibility index (Phi) is 3.49. The Labute approximate surface area is 95.6 Å². The van der Waals surface area contributed by atoms with Gasteiger partial charge in [0.2, 0.25) is 0 Å². The number of hydrogen-bond acceptors (Lipinski definition) is 2. The van der Waals surface area contributed by atoms with Crippen LogP contribution in [0.25, 0.3) is 0 Å². The summed E-state index contributed by atoms with van der Waals surface area (Å²) in [5, 5.41) is 0. The van der Waals surface area contributed by atoms with Crippen molar-refractivity contribution in [3.05, 3.63) is 54.4 Å². The van der Waals surface area contributed by atoms with Crippen LogP contribution in [0.15, 0.2) is 48.8 Å². The summed E-state index contributed by atoms with van der Waals surface area (Å²) in [5.41, 5.74) is 4.50. The first-order valence-corrected chi connectivity index (χ1v) is 5.47. The smallest absolute Gasteiger partial charge is 0.119 e. The zero-order chi connectivity index (χ0) is 11.2. The fourth-order valence-electron chi connectivity index (χ4n) is 1.49. The van der Waals surface area contributed by atoms with E-state index >= 15 is 0 Å². The molecule has 2 aromatic rings. The Hall–Kier alpha value is -1.90. The van der Waals surface area contributed by atoms with Crippen LogP contribution in [0.5, 0.6) is 5.75 Å². The Balaban J connectivity index is 1.90. The van der Waals surface area contributed by atoms with E-state index in [1.807, 2.05) is 48.3 Å². The van der Waals surface area contributed by atoms with Crippen LogP contribution in [0.3, 0.4) is 0 Å². The number of nitrogens with one attached hydrogen (secondary N) is 1. The second-order valence-electron chi connectivity index (χ2n) is 3.50. The molecule has 0 aliphatic heterocycles. The zero-order valence-corrected chi connectivity index (χ0v) is 9.39. The number of nitrogens with zero attached hydrogens (tertiary/aromatic N) is 1. The minimum Gasteiger partial charge on any atom is -0.494 e. The van der Waals surface area contributed by atoms with Crippen molar-refractivity contribution in [2.45, 2.75) is 13.5 Å². The van der Waals surface area contributed by atoms with Gasteiger partial charge in [-0.1, -0.05) is 12.1 Å². The molecule has 1 N–H and O–H groups in total. The quantitative estimate of drug-likeness (QED) is 0.831. The summed E-state index contributed by atoms with van der Waals surface area (Å²) in [7, 11) is 0. The van der Waals surface area contributed by atoms with Gasteiger partial charge in [0.15, 0.2) is 0 Å². The molecule has 0 aliphatic rings. The molecule has 0 fully saturated rings. The van der Waals surface area contributed by atoms with Gasteiger partial charge in [-0.3, -0.25) is 4.68 Å². The van der Waals surface area contributed by atoms with E-state index < -0.39 is 0 Å². The molecule has 0 saturated carbocycles. The summed E-state index contributed by atoms with van der Waals surface area (Å²) in [6.07, 6.45) is 3.96. The summed E-state index contributed by atoms with van der Waals surface area (Å²) in [4.78, 5) is 0. The van der Waals surface area contributed by atoms with Crippen molar-refractivity contribution in [2.24, 2.45) is 0 Å². The number of aromatic nitrogens is 1. The van der Waals surface area contributed by atoms with E-state index in [2.05, 4.69) is 17.6 Å². The topological polar surface area (TPSA) is 26.2 Å². The maximum absolute atomic E-state index is 5.39. The van der Waals surface area contributed by atoms with Gasteiger partial charge in [0.25, 0.3) is 0 Å². The number of benzene rings is 1. The predicted molar refractivity (Wildman–Crippen MR) is 65.1 cm³/mol. The van der Waals surface area contributed by atoms with Gasteiger partial charge in [0.05, 0.1) is 13.2 Å². The van der Waals surface area contributed by atoms with Crippen LogP contribution in [-0.4, -0.2) is 11.3 Å². The van der Waals surface area contributed by atoms with E-state index in [0.29, 0.717) is 6.61 Å². The third kappa shape index (κ3) is 2.79. The molecule has 0 unspecified atom stereocenters. The molecular weight excluding hydrogens is 200 g/mol. The fraction of sp³-hybridized carbons (Fsp3) is 0.231. The van der Waals surface area contributed by atoms with E-state index in [4.69, 9.17) is 4.74 Å². The molecule has 0 bridgehead atoms. The van der Waals surface area contributed by atoms with Gasteiger partial charge in [-0.05, 0) is 36.8 Å². The lowest BCUT2D eigenvalue weighted by atomic mass is 10.2. The lowest BCUT2D eigenvalue weighted by Gasteiger charge is -2.08. The summed E-state index contributed by atoms with van der Waals surface area (Å²) in [6.45, 7) is 3.50. The van der Waals surface area contributed by atoms with Gasteiger partial charge in [-0.25, -0.2) is 0 Å². The van der Waals surface area contributed by atoms with E-state index in [0.717, 1.165) is 12.3 Å². The molecular formula is C13H16N2O. The molecule has 84 valence electrons. The van der Waals surface area contributed by atoms with Crippen LogP contribution >= 0.6 is 0 Å².